The molecule has 36 heavy (non-hydrogen) atoms. The van der Waals surface area contributed by atoms with E-state index in [1.54, 1.807) is 17.2 Å². The molecule has 6 nitrogen and oxygen atoms in total. The highest BCUT2D eigenvalue weighted by Gasteiger charge is 2.33. The quantitative estimate of drug-likeness (QED) is 0.194. The van der Waals surface area contributed by atoms with Crippen molar-refractivity contribution in [3.63, 3.8) is 0 Å². The number of carbonyl (C=O) groups is 1. The van der Waals surface area contributed by atoms with Gasteiger partial charge in [-0.2, -0.15) is 5.10 Å². The zero-order valence-electron chi connectivity index (χ0n) is 20.0. The number of thioether (sulfide) groups is 1. The molecule has 8 heteroatoms. The minimum absolute atomic E-state index is 0.139. The Labute approximate surface area is 219 Å². The van der Waals surface area contributed by atoms with Gasteiger partial charge in [-0.05, 0) is 67.4 Å². The van der Waals surface area contributed by atoms with Gasteiger partial charge in [-0.1, -0.05) is 49.1 Å². The van der Waals surface area contributed by atoms with Gasteiger partial charge in [0.2, 0.25) is 0 Å². The van der Waals surface area contributed by atoms with Gasteiger partial charge in [0.1, 0.15) is 21.5 Å². The molecule has 5 rings (SSSR count). The van der Waals surface area contributed by atoms with Crippen LogP contribution in [0.15, 0.2) is 82.4 Å². The highest BCUT2D eigenvalue weighted by molar-refractivity contribution is 8.26. The van der Waals surface area contributed by atoms with Crippen LogP contribution in [0.4, 0.5) is 0 Å². The van der Waals surface area contributed by atoms with Crippen LogP contribution in [-0.4, -0.2) is 31.5 Å². The Morgan fingerprint density at radius 3 is 2.69 bits per heavy atom. The second kappa shape index (κ2) is 10.6. The van der Waals surface area contributed by atoms with Gasteiger partial charge in [0.15, 0.2) is 0 Å². The van der Waals surface area contributed by atoms with Gasteiger partial charge in [-0.3, -0.25) is 9.69 Å². The van der Waals surface area contributed by atoms with E-state index < -0.39 is 0 Å². The average molecular weight is 516 g/mol. The first-order valence-corrected chi connectivity index (χ1v) is 12.9. The molecule has 1 amide bonds. The molecule has 0 saturated carbocycles. The molecule has 0 spiro atoms. The average Bonchev–Trinajstić information content (AvgIpc) is 3.61. The Balaban J connectivity index is 1.53. The number of carbonyl (C=O) groups excluding carboxylic acids is 1. The summed E-state index contributed by atoms with van der Waals surface area (Å²) in [6, 6.07) is 19.6. The number of furan rings is 1. The number of para-hydroxylation sites is 1. The van der Waals surface area contributed by atoms with E-state index in [9.17, 15) is 4.79 Å². The minimum Gasteiger partial charge on any atom is -0.494 e. The molecule has 0 atom stereocenters. The molecule has 4 aromatic rings. The number of rotatable bonds is 8. The van der Waals surface area contributed by atoms with Crippen LogP contribution in [0.2, 0.25) is 0 Å². The van der Waals surface area contributed by atoms with Crippen LogP contribution in [0.3, 0.4) is 0 Å². The predicted octanol–water partition coefficient (Wildman–Crippen LogP) is 6.63. The number of benzene rings is 2. The SMILES string of the molecule is CCCOc1ccc(-c2nn(-c3ccccc3)cc2/C=C2\SC(=S)N(Cc3ccco3)C2=O)c(C)c1. The van der Waals surface area contributed by atoms with E-state index in [1.807, 2.05) is 78.5 Å². The van der Waals surface area contributed by atoms with Gasteiger partial charge in [-0.25, -0.2) is 4.68 Å². The third-order valence-electron chi connectivity index (χ3n) is 5.74. The molecule has 1 aliphatic heterocycles. The van der Waals surface area contributed by atoms with Crippen LogP contribution < -0.4 is 4.74 Å². The van der Waals surface area contributed by atoms with E-state index in [-0.39, 0.29) is 5.91 Å². The molecule has 1 aliphatic rings. The Morgan fingerprint density at radius 2 is 1.97 bits per heavy atom. The molecular weight excluding hydrogens is 490 g/mol. The first-order valence-electron chi connectivity index (χ1n) is 11.7. The molecule has 0 aliphatic carbocycles. The first kappa shape index (κ1) is 24.1. The number of hydrogen-bond acceptors (Lipinski definition) is 6. The van der Waals surface area contributed by atoms with Crippen molar-refractivity contribution in [1.82, 2.24) is 14.7 Å². The summed E-state index contributed by atoms with van der Waals surface area (Å²) in [5.41, 5.74) is 4.58. The van der Waals surface area contributed by atoms with Gasteiger partial charge in [0.05, 0.1) is 30.0 Å². The normalized spacial score (nSPS) is 14.7. The molecular formula is C28H25N3O3S2. The van der Waals surface area contributed by atoms with Gasteiger partial charge in [-0.15, -0.1) is 0 Å². The van der Waals surface area contributed by atoms with Crippen molar-refractivity contribution in [2.75, 3.05) is 6.61 Å². The third-order valence-corrected chi connectivity index (χ3v) is 7.12. The Morgan fingerprint density at radius 1 is 1.14 bits per heavy atom. The summed E-state index contributed by atoms with van der Waals surface area (Å²) in [5.74, 6) is 1.38. The van der Waals surface area contributed by atoms with Crippen LogP contribution >= 0.6 is 24.0 Å². The fourth-order valence-electron chi connectivity index (χ4n) is 3.96. The molecule has 3 heterocycles. The molecule has 2 aromatic carbocycles. The maximum atomic E-state index is 13.2. The molecule has 0 N–H and O–H groups in total. The zero-order chi connectivity index (χ0) is 25.1. The van der Waals surface area contributed by atoms with Crippen molar-refractivity contribution in [3.05, 3.63) is 94.9 Å². The summed E-state index contributed by atoms with van der Waals surface area (Å²) < 4.78 is 13.6. The second-order valence-electron chi connectivity index (χ2n) is 8.39. The maximum Gasteiger partial charge on any atom is 0.266 e. The molecule has 2 aromatic heterocycles. The van der Waals surface area contributed by atoms with Crippen molar-refractivity contribution in [3.8, 4) is 22.7 Å². The Bertz CT molecular complexity index is 1430. The highest BCUT2D eigenvalue weighted by Crippen LogP contribution is 2.36. The standard InChI is InChI=1S/C28H25N3O3S2/c1-3-13-33-22-11-12-24(19(2)15-22)26-20(17-31(29-26)21-8-5-4-6-9-21)16-25-27(32)30(28(35)36-25)18-23-10-7-14-34-23/h4-12,14-17H,3,13,18H2,1-2H3/b25-16-. The molecule has 0 unspecified atom stereocenters. The fourth-order valence-corrected chi connectivity index (χ4v) is 5.21. The van der Waals surface area contributed by atoms with E-state index in [4.69, 9.17) is 26.5 Å². The predicted molar refractivity (Wildman–Crippen MR) is 147 cm³/mol. The van der Waals surface area contributed by atoms with Crippen molar-refractivity contribution < 1.29 is 13.9 Å². The van der Waals surface area contributed by atoms with Crippen LogP contribution in [0, 0.1) is 6.92 Å². The van der Waals surface area contributed by atoms with Gasteiger partial charge in [0.25, 0.3) is 5.91 Å². The van der Waals surface area contributed by atoms with E-state index in [0.29, 0.717) is 28.1 Å². The third kappa shape index (κ3) is 5.01. The summed E-state index contributed by atoms with van der Waals surface area (Å²) in [5, 5.41) is 4.92. The van der Waals surface area contributed by atoms with E-state index in [1.165, 1.54) is 11.8 Å². The smallest absolute Gasteiger partial charge is 0.266 e. The van der Waals surface area contributed by atoms with Crippen molar-refractivity contribution in [2.45, 2.75) is 26.8 Å². The number of hydrogen-bond donors (Lipinski definition) is 0. The first-order chi connectivity index (χ1) is 17.5. The summed E-state index contributed by atoms with van der Waals surface area (Å²) in [4.78, 5) is 15.4. The largest absolute Gasteiger partial charge is 0.494 e. The highest BCUT2D eigenvalue weighted by atomic mass is 32.2. The zero-order valence-corrected chi connectivity index (χ0v) is 21.6. The van der Waals surface area contributed by atoms with E-state index >= 15 is 0 Å². The van der Waals surface area contributed by atoms with Crippen LogP contribution in [0.25, 0.3) is 23.0 Å². The number of amides is 1. The van der Waals surface area contributed by atoms with Crippen LogP contribution in [0.5, 0.6) is 5.75 Å². The molecule has 182 valence electrons. The summed E-state index contributed by atoms with van der Waals surface area (Å²) in [7, 11) is 0. The van der Waals surface area contributed by atoms with Gasteiger partial charge >= 0.3 is 0 Å². The van der Waals surface area contributed by atoms with Crippen molar-refractivity contribution in [1.29, 1.82) is 0 Å². The van der Waals surface area contributed by atoms with Crippen molar-refractivity contribution in [2.24, 2.45) is 0 Å². The fraction of sp³-hybridized carbons (Fsp3) is 0.179. The van der Waals surface area contributed by atoms with Crippen molar-refractivity contribution >= 4 is 40.3 Å². The maximum absolute atomic E-state index is 13.2. The minimum atomic E-state index is -0.139. The lowest BCUT2D eigenvalue weighted by atomic mass is 10.0. The van der Waals surface area contributed by atoms with Gasteiger partial charge in [0, 0.05) is 17.3 Å². The molecule has 0 radical (unpaired) electrons. The van der Waals surface area contributed by atoms with E-state index in [0.717, 1.165) is 40.2 Å². The lowest BCUT2D eigenvalue weighted by Gasteiger charge is -2.12. The number of nitrogens with zero attached hydrogens (tertiary/aromatic N) is 3. The Kier molecular flexibility index (Phi) is 7.06. The lowest BCUT2D eigenvalue weighted by molar-refractivity contribution is -0.122. The topological polar surface area (TPSA) is 60.5 Å². The summed E-state index contributed by atoms with van der Waals surface area (Å²) in [6.07, 6.45) is 6.37. The van der Waals surface area contributed by atoms with Crippen LogP contribution in [0.1, 0.15) is 30.2 Å². The van der Waals surface area contributed by atoms with Gasteiger partial charge < -0.3 is 9.15 Å². The summed E-state index contributed by atoms with van der Waals surface area (Å²) in [6.45, 7) is 5.11. The molecule has 0 bridgehead atoms. The lowest BCUT2D eigenvalue weighted by Crippen LogP contribution is -2.27. The molecule has 1 saturated heterocycles. The second-order valence-corrected chi connectivity index (χ2v) is 10.1. The molecule has 1 fully saturated rings. The number of aromatic nitrogens is 2. The van der Waals surface area contributed by atoms with Crippen LogP contribution in [-0.2, 0) is 11.3 Å². The number of aryl methyl sites for hydroxylation is 1. The van der Waals surface area contributed by atoms with E-state index in [2.05, 4.69) is 6.92 Å². The number of thiocarbonyl (C=S) groups is 1. The Hall–Kier alpha value is -3.62. The number of ether oxygens (including phenoxy) is 1. The monoisotopic (exact) mass is 515 g/mol. The summed E-state index contributed by atoms with van der Waals surface area (Å²) >= 11 is 6.81.